The van der Waals surface area contributed by atoms with Gasteiger partial charge in [-0.1, -0.05) is 20.8 Å². The first-order valence-corrected chi connectivity index (χ1v) is 7.87. The summed E-state index contributed by atoms with van der Waals surface area (Å²) in [7, 11) is 0. The van der Waals surface area contributed by atoms with Crippen LogP contribution >= 0.6 is 0 Å². The predicted octanol–water partition coefficient (Wildman–Crippen LogP) is 3.64. The Balaban J connectivity index is 1.72. The number of nitrogens with one attached hydrogen (secondary N) is 1. The first-order valence-electron chi connectivity index (χ1n) is 7.87. The molecule has 1 saturated carbocycles. The number of carbonyl (C=O) groups excluding carboxylic acids is 1. The highest BCUT2D eigenvalue weighted by molar-refractivity contribution is 5.79. The zero-order valence-electron chi connectivity index (χ0n) is 12.7. The Morgan fingerprint density at radius 2 is 2.20 bits per heavy atom. The van der Waals surface area contributed by atoms with Crippen LogP contribution in [0.3, 0.4) is 0 Å². The van der Waals surface area contributed by atoms with Crippen molar-refractivity contribution in [1.82, 2.24) is 5.32 Å². The molecule has 2 aliphatic rings. The van der Waals surface area contributed by atoms with E-state index in [1.807, 2.05) is 0 Å². The zero-order chi connectivity index (χ0) is 14.3. The Labute approximate surface area is 121 Å². The van der Waals surface area contributed by atoms with Crippen LogP contribution < -0.4 is 5.32 Å². The van der Waals surface area contributed by atoms with Crippen LogP contribution in [0.2, 0.25) is 0 Å². The van der Waals surface area contributed by atoms with Gasteiger partial charge in [-0.05, 0) is 43.2 Å². The van der Waals surface area contributed by atoms with E-state index in [2.05, 4.69) is 38.2 Å². The number of hydrogen-bond acceptors (Lipinski definition) is 2. The Hall–Kier alpha value is -1.25. The van der Waals surface area contributed by atoms with Gasteiger partial charge in [0.1, 0.15) is 11.5 Å². The van der Waals surface area contributed by atoms with E-state index in [4.69, 9.17) is 4.42 Å². The molecule has 0 aromatic carbocycles. The molecule has 1 aliphatic heterocycles. The fourth-order valence-corrected chi connectivity index (χ4v) is 3.65. The average Bonchev–Trinajstić information content (AvgIpc) is 2.77. The van der Waals surface area contributed by atoms with Crippen molar-refractivity contribution in [2.24, 2.45) is 11.8 Å². The summed E-state index contributed by atoms with van der Waals surface area (Å²) in [6.45, 7) is 6.70. The van der Waals surface area contributed by atoms with Crippen molar-refractivity contribution < 1.29 is 9.21 Å². The molecule has 2 heterocycles. The number of carbonyl (C=O) groups is 1. The fraction of sp³-hybridized carbons (Fsp3) is 0.706. The number of furan rings is 1. The summed E-state index contributed by atoms with van der Waals surface area (Å²) < 4.78 is 6.03. The molecular formula is C17H25NO2. The van der Waals surface area contributed by atoms with Gasteiger partial charge in [0.05, 0.1) is 0 Å². The van der Waals surface area contributed by atoms with Gasteiger partial charge in [-0.25, -0.2) is 0 Å². The number of amides is 1. The van der Waals surface area contributed by atoms with E-state index >= 15 is 0 Å². The van der Waals surface area contributed by atoms with Crippen molar-refractivity contribution in [3.05, 3.63) is 23.7 Å². The largest absolute Gasteiger partial charge is 0.466 e. The molecule has 0 bridgehead atoms. The topological polar surface area (TPSA) is 42.2 Å². The molecule has 1 N–H and O–H groups in total. The van der Waals surface area contributed by atoms with Gasteiger partial charge in [0.2, 0.25) is 5.91 Å². The van der Waals surface area contributed by atoms with Crippen molar-refractivity contribution in [3.63, 3.8) is 0 Å². The quantitative estimate of drug-likeness (QED) is 0.891. The summed E-state index contributed by atoms with van der Waals surface area (Å²) >= 11 is 0. The predicted molar refractivity (Wildman–Crippen MR) is 78.5 cm³/mol. The molecule has 3 rings (SSSR count). The fourth-order valence-electron chi connectivity index (χ4n) is 3.65. The van der Waals surface area contributed by atoms with Gasteiger partial charge in [0, 0.05) is 24.3 Å². The van der Waals surface area contributed by atoms with E-state index in [0.717, 1.165) is 36.7 Å². The van der Waals surface area contributed by atoms with E-state index < -0.39 is 0 Å². The molecule has 20 heavy (non-hydrogen) atoms. The van der Waals surface area contributed by atoms with Crippen LogP contribution in [0.4, 0.5) is 0 Å². The van der Waals surface area contributed by atoms with Crippen LogP contribution in [0, 0.1) is 11.8 Å². The lowest BCUT2D eigenvalue weighted by atomic mass is 9.84. The molecule has 1 aliphatic carbocycles. The molecule has 1 aromatic rings. The summed E-state index contributed by atoms with van der Waals surface area (Å²) in [5.41, 5.74) is -0.0878. The molecule has 1 saturated heterocycles. The Morgan fingerprint density at radius 3 is 2.75 bits per heavy atom. The third kappa shape index (κ3) is 2.77. The van der Waals surface area contributed by atoms with Gasteiger partial charge in [0.15, 0.2) is 0 Å². The molecule has 0 radical (unpaired) electrons. The number of hydrogen-bond donors (Lipinski definition) is 1. The van der Waals surface area contributed by atoms with Gasteiger partial charge in [-0.2, -0.15) is 0 Å². The highest BCUT2D eigenvalue weighted by atomic mass is 16.3. The van der Waals surface area contributed by atoms with Crippen molar-refractivity contribution in [3.8, 4) is 0 Å². The Bertz CT molecular complexity index is 505. The van der Waals surface area contributed by atoms with Gasteiger partial charge in [-0.15, -0.1) is 0 Å². The molecular weight excluding hydrogens is 250 g/mol. The van der Waals surface area contributed by atoms with E-state index in [-0.39, 0.29) is 11.4 Å². The lowest BCUT2D eigenvalue weighted by Crippen LogP contribution is -2.44. The smallest absolute Gasteiger partial charge is 0.220 e. The second-order valence-electron chi connectivity index (χ2n) is 7.23. The third-order valence-corrected chi connectivity index (χ3v) is 4.70. The molecule has 2 fully saturated rings. The molecule has 3 nitrogen and oxygen atoms in total. The maximum atomic E-state index is 11.7. The van der Waals surface area contributed by atoms with E-state index in [1.165, 1.54) is 6.42 Å². The Kier molecular flexibility index (Phi) is 3.39. The van der Waals surface area contributed by atoms with Gasteiger partial charge in [0.25, 0.3) is 0 Å². The van der Waals surface area contributed by atoms with E-state index in [1.54, 1.807) is 0 Å². The molecule has 3 unspecified atom stereocenters. The lowest BCUT2D eigenvalue weighted by Gasteiger charge is -2.30. The Morgan fingerprint density at radius 1 is 1.45 bits per heavy atom. The highest BCUT2D eigenvalue weighted by Crippen LogP contribution is 2.47. The van der Waals surface area contributed by atoms with Crippen LogP contribution in [0.1, 0.15) is 63.9 Å². The standard InChI is InChI=1S/C17H25NO2/c1-11(2)9-17(7-6-16(19)18-17)10-13-4-5-15(20-13)14-8-12(14)3/h4-5,11-12,14H,6-10H2,1-3H3,(H,18,19). The molecule has 3 heteroatoms. The van der Waals surface area contributed by atoms with Crippen molar-refractivity contribution in [2.75, 3.05) is 0 Å². The summed E-state index contributed by atoms with van der Waals surface area (Å²) in [4.78, 5) is 11.7. The SMILES string of the molecule is CC(C)CC1(Cc2ccc(C3CC3C)o2)CCC(=O)N1. The maximum Gasteiger partial charge on any atom is 0.220 e. The van der Waals surface area contributed by atoms with Crippen LogP contribution in [0.15, 0.2) is 16.5 Å². The minimum Gasteiger partial charge on any atom is -0.466 e. The summed E-state index contributed by atoms with van der Waals surface area (Å²) in [6.07, 6.45) is 4.69. The van der Waals surface area contributed by atoms with Gasteiger partial charge >= 0.3 is 0 Å². The van der Waals surface area contributed by atoms with E-state index in [0.29, 0.717) is 18.3 Å². The first-order chi connectivity index (χ1) is 9.47. The molecule has 1 aromatic heterocycles. The summed E-state index contributed by atoms with van der Waals surface area (Å²) in [6, 6.07) is 4.23. The lowest BCUT2D eigenvalue weighted by molar-refractivity contribution is -0.119. The minimum atomic E-state index is -0.0878. The molecule has 110 valence electrons. The van der Waals surface area contributed by atoms with Crippen molar-refractivity contribution in [2.45, 2.75) is 64.3 Å². The summed E-state index contributed by atoms with van der Waals surface area (Å²) in [5.74, 6) is 4.32. The second kappa shape index (κ2) is 4.94. The molecule has 3 atom stereocenters. The zero-order valence-corrected chi connectivity index (χ0v) is 12.7. The normalized spacial score (nSPS) is 32.7. The highest BCUT2D eigenvalue weighted by Gasteiger charge is 2.40. The second-order valence-corrected chi connectivity index (χ2v) is 7.23. The van der Waals surface area contributed by atoms with Gasteiger partial charge < -0.3 is 9.73 Å². The van der Waals surface area contributed by atoms with Crippen molar-refractivity contribution >= 4 is 5.91 Å². The van der Waals surface area contributed by atoms with Gasteiger partial charge in [-0.3, -0.25) is 4.79 Å². The first kappa shape index (κ1) is 13.7. The monoisotopic (exact) mass is 275 g/mol. The number of rotatable bonds is 5. The van der Waals surface area contributed by atoms with Crippen LogP contribution in [-0.2, 0) is 11.2 Å². The van der Waals surface area contributed by atoms with Crippen molar-refractivity contribution in [1.29, 1.82) is 0 Å². The molecule has 0 spiro atoms. The molecule has 1 amide bonds. The van der Waals surface area contributed by atoms with Crippen LogP contribution in [0.25, 0.3) is 0 Å². The van der Waals surface area contributed by atoms with Crippen LogP contribution in [-0.4, -0.2) is 11.4 Å². The average molecular weight is 275 g/mol. The summed E-state index contributed by atoms with van der Waals surface area (Å²) in [5, 5.41) is 3.21. The maximum absolute atomic E-state index is 11.7. The third-order valence-electron chi connectivity index (χ3n) is 4.70. The van der Waals surface area contributed by atoms with E-state index in [9.17, 15) is 4.79 Å². The van der Waals surface area contributed by atoms with Crippen LogP contribution in [0.5, 0.6) is 0 Å². The minimum absolute atomic E-state index is 0.0878.